The number of rotatable bonds is 6. The Labute approximate surface area is 121 Å². The zero-order valence-electron chi connectivity index (χ0n) is 13.0. The molecule has 0 amide bonds. The predicted octanol–water partition coefficient (Wildman–Crippen LogP) is 2.79. The lowest BCUT2D eigenvalue weighted by Gasteiger charge is -2.38. The number of ether oxygens (including phenoxy) is 1. The molecular weight excluding hydrogens is 256 g/mol. The van der Waals surface area contributed by atoms with Gasteiger partial charge in [0.2, 0.25) is 0 Å². The minimum atomic E-state index is -0.751. The summed E-state index contributed by atoms with van der Waals surface area (Å²) in [5.41, 5.74) is 0. The van der Waals surface area contributed by atoms with E-state index in [1.807, 2.05) is 20.8 Å². The van der Waals surface area contributed by atoms with Crippen LogP contribution in [0, 0.1) is 23.7 Å². The van der Waals surface area contributed by atoms with E-state index in [0.29, 0.717) is 19.3 Å². The fourth-order valence-corrected chi connectivity index (χ4v) is 3.47. The van der Waals surface area contributed by atoms with E-state index in [0.717, 1.165) is 12.8 Å². The van der Waals surface area contributed by atoms with Crippen LogP contribution in [0.4, 0.5) is 0 Å². The molecule has 4 nitrogen and oxygen atoms in total. The Bertz CT molecular complexity index is 375. The number of carbonyl (C=O) groups excluding carboxylic acids is 3. The molecule has 0 heterocycles. The summed E-state index contributed by atoms with van der Waals surface area (Å²) in [6.07, 6.45) is 3.57. The summed E-state index contributed by atoms with van der Waals surface area (Å²) >= 11 is 0. The van der Waals surface area contributed by atoms with Gasteiger partial charge in [0.25, 0.3) is 0 Å². The normalized spacial score (nSPS) is 30.4. The van der Waals surface area contributed by atoms with Gasteiger partial charge in [0.1, 0.15) is 11.7 Å². The summed E-state index contributed by atoms with van der Waals surface area (Å²) < 4.78 is 4.82. The van der Waals surface area contributed by atoms with Gasteiger partial charge in [-0.1, -0.05) is 33.6 Å². The van der Waals surface area contributed by atoms with Crippen LogP contribution in [0.5, 0.6) is 0 Å². The number of methoxy groups -OCH3 is 1. The molecule has 0 aromatic rings. The molecule has 20 heavy (non-hydrogen) atoms. The molecule has 114 valence electrons. The van der Waals surface area contributed by atoms with Crippen molar-refractivity contribution in [3.8, 4) is 0 Å². The lowest BCUT2D eigenvalue weighted by molar-refractivity contribution is -0.160. The van der Waals surface area contributed by atoms with E-state index in [1.54, 1.807) is 0 Å². The molecule has 0 radical (unpaired) electrons. The molecule has 0 aliphatic heterocycles. The van der Waals surface area contributed by atoms with Gasteiger partial charge in [-0.25, -0.2) is 0 Å². The Morgan fingerprint density at radius 1 is 1.05 bits per heavy atom. The summed E-state index contributed by atoms with van der Waals surface area (Å²) in [5, 5.41) is 0. The molecule has 4 unspecified atom stereocenters. The largest absolute Gasteiger partial charge is 0.468 e. The molecular formula is C16H26O4. The number of esters is 1. The molecule has 4 heteroatoms. The monoisotopic (exact) mass is 282 g/mol. The van der Waals surface area contributed by atoms with Crippen LogP contribution < -0.4 is 0 Å². The average Bonchev–Trinajstić information content (AvgIpc) is 2.43. The van der Waals surface area contributed by atoms with Crippen LogP contribution in [-0.4, -0.2) is 24.6 Å². The lowest BCUT2D eigenvalue weighted by Crippen LogP contribution is -2.50. The summed E-state index contributed by atoms with van der Waals surface area (Å²) in [6, 6.07) is 0. The molecule has 1 saturated carbocycles. The number of hydrogen-bond acceptors (Lipinski definition) is 4. The Kier molecular flexibility index (Phi) is 6.37. The van der Waals surface area contributed by atoms with E-state index >= 15 is 0 Å². The number of ketones is 2. The summed E-state index contributed by atoms with van der Waals surface area (Å²) in [4.78, 5) is 37.1. The summed E-state index contributed by atoms with van der Waals surface area (Å²) in [6.45, 7) is 5.92. The Balaban J connectivity index is 3.16. The quantitative estimate of drug-likeness (QED) is 0.555. The molecule has 0 bridgehead atoms. The van der Waals surface area contributed by atoms with E-state index in [2.05, 4.69) is 0 Å². The van der Waals surface area contributed by atoms with Gasteiger partial charge in [-0.2, -0.15) is 0 Å². The summed E-state index contributed by atoms with van der Waals surface area (Å²) in [5.74, 6) is -2.38. The second-order valence-electron chi connectivity index (χ2n) is 5.61. The minimum Gasteiger partial charge on any atom is -0.468 e. The molecule has 1 aliphatic carbocycles. The smallest absolute Gasteiger partial charge is 0.316 e. The number of hydrogen-bond donors (Lipinski definition) is 0. The van der Waals surface area contributed by atoms with Crippen LogP contribution in [0.3, 0.4) is 0 Å². The standard InChI is InChI=1S/C16H26O4/c1-5-8-11-10(7-3)14(17)12(9-6-2)15(18)13(11)16(19)20-4/h10-13H,5-9H2,1-4H3. The number of Topliss-reactive ketones (excluding diaryl/α,β-unsaturated/α-hetero) is 2. The van der Waals surface area contributed by atoms with Crippen LogP contribution in [0.1, 0.15) is 52.9 Å². The van der Waals surface area contributed by atoms with Gasteiger partial charge in [-0.15, -0.1) is 0 Å². The van der Waals surface area contributed by atoms with Crippen molar-refractivity contribution in [1.82, 2.24) is 0 Å². The fraction of sp³-hybridized carbons (Fsp3) is 0.812. The van der Waals surface area contributed by atoms with Gasteiger partial charge in [0, 0.05) is 5.92 Å². The van der Waals surface area contributed by atoms with E-state index < -0.39 is 17.8 Å². The first-order chi connectivity index (χ1) is 9.53. The maximum atomic E-state index is 12.6. The molecule has 0 aromatic carbocycles. The maximum Gasteiger partial charge on any atom is 0.316 e. The molecule has 0 N–H and O–H groups in total. The molecule has 0 saturated heterocycles. The van der Waals surface area contributed by atoms with Crippen molar-refractivity contribution in [3.63, 3.8) is 0 Å². The third-order valence-electron chi connectivity index (χ3n) is 4.40. The van der Waals surface area contributed by atoms with Gasteiger partial charge in [-0.05, 0) is 25.2 Å². The highest BCUT2D eigenvalue weighted by molar-refractivity contribution is 6.13. The molecule has 4 atom stereocenters. The van der Waals surface area contributed by atoms with Crippen molar-refractivity contribution < 1.29 is 19.1 Å². The van der Waals surface area contributed by atoms with Gasteiger partial charge in [-0.3, -0.25) is 14.4 Å². The van der Waals surface area contributed by atoms with Crippen LogP contribution in [0.15, 0.2) is 0 Å². The van der Waals surface area contributed by atoms with Crippen molar-refractivity contribution in [3.05, 3.63) is 0 Å². The highest BCUT2D eigenvalue weighted by atomic mass is 16.5. The van der Waals surface area contributed by atoms with Crippen molar-refractivity contribution in [2.24, 2.45) is 23.7 Å². The van der Waals surface area contributed by atoms with Gasteiger partial charge in [0.15, 0.2) is 5.78 Å². The van der Waals surface area contributed by atoms with E-state index in [9.17, 15) is 14.4 Å². The van der Waals surface area contributed by atoms with Crippen LogP contribution in [0.25, 0.3) is 0 Å². The van der Waals surface area contributed by atoms with Crippen LogP contribution in [0.2, 0.25) is 0 Å². The number of carbonyl (C=O) groups is 3. The van der Waals surface area contributed by atoms with E-state index in [1.165, 1.54) is 7.11 Å². The lowest BCUT2D eigenvalue weighted by atomic mass is 9.63. The van der Waals surface area contributed by atoms with Gasteiger partial charge >= 0.3 is 5.97 Å². The van der Waals surface area contributed by atoms with E-state index in [-0.39, 0.29) is 23.4 Å². The molecule has 1 aliphatic rings. The molecule has 0 spiro atoms. The predicted molar refractivity (Wildman–Crippen MR) is 76.1 cm³/mol. The fourth-order valence-electron chi connectivity index (χ4n) is 3.47. The third kappa shape index (κ3) is 3.10. The van der Waals surface area contributed by atoms with Gasteiger partial charge in [0.05, 0.1) is 13.0 Å². The van der Waals surface area contributed by atoms with Crippen molar-refractivity contribution in [1.29, 1.82) is 0 Å². The Morgan fingerprint density at radius 2 is 1.65 bits per heavy atom. The van der Waals surface area contributed by atoms with Crippen molar-refractivity contribution >= 4 is 17.5 Å². The van der Waals surface area contributed by atoms with Gasteiger partial charge < -0.3 is 4.74 Å². The topological polar surface area (TPSA) is 60.4 Å². The second kappa shape index (κ2) is 7.55. The summed E-state index contributed by atoms with van der Waals surface area (Å²) in [7, 11) is 1.31. The average molecular weight is 282 g/mol. The zero-order valence-corrected chi connectivity index (χ0v) is 13.0. The zero-order chi connectivity index (χ0) is 15.3. The Hall–Kier alpha value is -1.19. The highest BCUT2D eigenvalue weighted by Crippen LogP contribution is 2.40. The minimum absolute atomic E-state index is 0.0398. The first-order valence-corrected chi connectivity index (χ1v) is 7.68. The van der Waals surface area contributed by atoms with Crippen molar-refractivity contribution in [2.45, 2.75) is 52.9 Å². The maximum absolute atomic E-state index is 12.6. The molecule has 1 rings (SSSR count). The first kappa shape index (κ1) is 16.9. The Morgan fingerprint density at radius 3 is 2.10 bits per heavy atom. The van der Waals surface area contributed by atoms with Crippen molar-refractivity contribution in [2.75, 3.05) is 7.11 Å². The SMILES string of the molecule is CCCC1C(=O)C(CC)C(CCC)C(C(=O)OC)C1=O. The molecule has 1 fully saturated rings. The third-order valence-corrected chi connectivity index (χ3v) is 4.40. The first-order valence-electron chi connectivity index (χ1n) is 7.68. The second-order valence-corrected chi connectivity index (χ2v) is 5.61. The van der Waals surface area contributed by atoms with E-state index in [4.69, 9.17) is 4.74 Å². The van der Waals surface area contributed by atoms with Crippen LogP contribution in [-0.2, 0) is 19.1 Å². The highest BCUT2D eigenvalue weighted by Gasteiger charge is 2.51. The molecule has 0 aromatic heterocycles. The van der Waals surface area contributed by atoms with Crippen LogP contribution >= 0.6 is 0 Å².